The van der Waals surface area contributed by atoms with E-state index in [2.05, 4.69) is 34.8 Å². The van der Waals surface area contributed by atoms with Crippen LogP contribution < -0.4 is 4.90 Å². The molecule has 0 unspecified atom stereocenters. The quantitative estimate of drug-likeness (QED) is 0.681. The maximum atomic E-state index is 12.8. The second-order valence-electron chi connectivity index (χ2n) is 7.28. The number of fused-ring (bicyclic) bond motifs is 3. The number of piperidine rings is 1. The Morgan fingerprint density at radius 3 is 2.79 bits per heavy atom. The maximum Gasteiger partial charge on any atom is 0.249 e. The van der Waals surface area contributed by atoms with E-state index in [1.165, 1.54) is 0 Å². The van der Waals surface area contributed by atoms with E-state index in [1.54, 1.807) is 26.1 Å². The monoisotopic (exact) mass is 382 g/mol. The lowest BCUT2D eigenvalue weighted by atomic mass is 9.78. The molecule has 0 saturated carbocycles. The van der Waals surface area contributed by atoms with E-state index >= 15 is 0 Å². The maximum absolute atomic E-state index is 12.8. The number of hydrogen-bond acceptors (Lipinski definition) is 7. The molecule has 1 saturated heterocycles. The number of carbonyl (C=O) groups excluding carboxylic acids is 1. The molecule has 28 heavy (non-hydrogen) atoms. The number of H-pyrrole nitrogens is 2. The molecule has 10 nitrogen and oxygen atoms in total. The molecule has 0 aromatic carbocycles. The van der Waals surface area contributed by atoms with Crippen molar-refractivity contribution in [2.45, 2.75) is 24.8 Å². The number of aromatic nitrogens is 6. The first-order valence-electron chi connectivity index (χ1n) is 9.44. The van der Waals surface area contributed by atoms with Crippen LogP contribution in [0, 0.1) is 0 Å². The van der Waals surface area contributed by atoms with Gasteiger partial charge in [-0.2, -0.15) is 0 Å². The number of amides is 1. The van der Waals surface area contributed by atoms with Gasteiger partial charge >= 0.3 is 0 Å². The highest BCUT2D eigenvalue weighted by atomic mass is 16.5. The highest BCUT2D eigenvalue weighted by molar-refractivity contribution is 5.83. The van der Waals surface area contributed by atoms with Gasteiger partial charge in [0.2, 0.25) is 5.91 Å². The minimum atomic E-state index is -0.403. The van der Waals surface area contributed by atoms with Gasteiger partial charge in [0.05, 0.1) is 23.9 Å². The first-order valence-corrected chi connectivity index (χ1v) is 9.44. The van der Waals surface area contributed by atoms with Crippen LogP contribution in [0.5, 0.6) is 0 Å². The molecule has 0 atom stereocenters. The van der Waals surface area contributed by atoms with Gasteiger partial charge in [0.15, 0.2) is 11.5 Å². The lowest BCUT2D eigenvalue weighted by molar-refractivity contribution is -0.144. The molecule has 5 rings (SSSR count). The molecule has 0 aliphatic carbocycles. The predicted molar refractivity (Wildman–Crippen MR) is 101 cm³/mol. The van der Waals surface area contributed by atoms with Crippen LogP contribution in [-0.2, 0) is 21.5 Å². The summed E-state index contributed by atoms with van der Waals surface area (Å²) < 4.78 is 5.13. The Hall–Kier alpha value is -3.01. The average molecular weight is 382 g/mol. The molecule has 3 aromatic heterocycles. The molecule has 0 radical (unpaired) electrons. The molecule has 5 heterocycles. The van der Waals surface area contributed by atoms with Gasteiger partial charge in [-0.15, -0.1) is 0 Å². The molecular formula is C18H22N8O2. The van der Waals surface area contributed by atoms with Crippen LogP contribution in [0.2, 0.25) is 0 Å². The van der Waals surface area contributed by atoms with Crippen molar-refractivity contribution < 1.29 is 9.53 Å². The summed E-state index contributed by atoms with van der Waals surface area (Å²) >= 11 is 0. The topological polar surface area (TPSA) is 116 Å². The van der Waals surface area contributed by atoms with E-state index in [4.69, 9.17) is 4.74 Å². The van der Waals surface area contributed by atoms with Gasteiger partial charge < -0.3 is 24.5 Å². The second kappa shape index (κ2) is 6.55. The molecule has 1 amide bonds. The summed E-state index contributed by atoms with van der Waals surface area (Å²) in [6.45, 7) is 2.28. The Bertz CT molecular complexity index is 1000. The summed E-state index contributed by atoms with van der Waals surface area (Å²) in [6, 6.07) is 0. The largest absolute Gasteiger partial charge is 0.375 e. The third-order valence-corrected chi connectivity index (χ3v) is 5.92. The Labute approximate surface area is 161 Å². The fraction of sp³-hybridized carbons (Fsp3) is 0.500. The van der Waals surface area contributed by atoms with Crippen LogP contribution in [0.4, 0.5) is 5.82 Å². The third-order valence-electron chi connectivity index (χ3n) is 5.92. The summed E-state index contributed by atoms with van der Waals surface area (Å²) in [4.78, 5) is 40.9. The van der Waals surface area contributed by atoms with Crippen molar-refractivity contribution in [2.24, 2.45) is 0 Å². The van der Waals surface area contributed by atoms with Crippen LogP contribution in [0.25, 0.3) is 11.2 Å². The number of carbonyl (C=O) groups is 1. The number of aromatic amines is 2. The predicted octanol–water partition coefficient (Wildman–Crippen LogP) is 0.603. The molecule has 2 aliphatic rings. The number of methoxy groups -OCH3 is 1. The first-order chi connectivity index (χ1) is 13.7. The first kappa shape index (κ1) is 17.1. The van der Waals surface area contributed by atoms with E-state index in [0.29, 0.717) is 12.2 Å². The molecule has 10 heteroatoms. The molecule has 1 spiro atoms. The van der Waals surface area contributed by atoms with Gasteiger partial charge in [-0.05, 0) is 12.8 Å². The summed E-state index contributed by atoms with van der Waals surface area (Å²) in [7, 11) is 1.56. The average Bonchev–Trinajstić information content (AvgIpc) is 3.38. The summed E-state index contributed by atoms with van der Waals surface area (Å²) in [5, 5.41) is 0. The van der Waals surface area contributed by atoms with Crippen molar-refractivity contribution in [3.63, 3.8) is 0 Å². The van der Waals surface area contributed by atoms with Gasteiger partial charge in [0.25, 0.3) is 0 Å². The Morgan fingerprint density at radius 1 is 1.14 bits per heavy atom. The fourth-order valence-corrected chi connectivity index (χ4v) is 4.63. The number of rotatable bonds is 3. The molecule has 0 bridgehead atoms. The number of anilines is 1. The smallest absolute Gasteiger partial charge is 0.249 e. The van der Waals surface area contributed by atoms with E-state index in [-0.39, 0.29) is 12.5 Å². The highest BCUT2D eigenvalue weighted by Gasteiger charge is 2.48. The van der Waals surface area contributed by atoms with Crippen molar-refractivity contribution >= 4 is 22.9 Å². The van der Waals surface area contributed by atoms with Gasteiger partial charge in [0, 0.05) is 38.9 Å². The SMILES string of the molecule is COCC(=O)N1CCc2[nH]cnc2C12CCN(c1ncnc3nc[nH]c13)CC2. The molecule has 1 fully saturated rings. The molecular weight excluding hydrogens is 360 g/mol. The Kier molecular flexibility index (Phi) is 4.00. The molecule has 2 N–H and O–H groups in total. The summed E-state index contributed by atoms with van der Waals surface area (Å²) in [5.74, 6) is 0.868. The van der Waals surface area contributed by atoms with E-state index in [1.807, 2.05) is 4.90 Å². The van der Waals surface area contributed by atoms with Crippen LogP contribution in [0.15, 0.2) is 19.0 Å². The Balaban J connectivity index is 1.47. The van der Waals surface area contributed by atoms with Crippen LogP contribution >= 0.6 is 0 Å². The standard InChI is InChI=1S/C18H22N8O2/c1-28-8-13(27)26-5-2-12-15(21-9-19-12)18(26)3-6-25(7-4-18)17-14-16(22-10-20-14)23-11-24-17/h9-11H,2-8H2,1H3,(H,19,21)(H,20,22,23,24). The summed E-state index contributed by atoms with van der Waals surface area (Å²) in [6.07, 6.45) is 7.26. The normalized spacial score (nSPS) is 18.6. The van der Waals surface area contributed by atoms with Gasteiger partial charge in [-0.1, -0.05) is 0 Å². The minimum absolute atomic E-state index is 0.0163. The zero-order valence-electron chi connectivity index (χ0n) is 15.7. The Morgan fingerprint density at radius 2 is 1.96 bits per heavy atom. The van der Waals surface area contributed by atoms with Crippen molar-refractivity contribution in [2.75, 3.05) is 38.3 Å². The molecule has 2 aliphatic heterocycles. The number of ether oxygens (including phenoxy) is 1. The van der Waals surface area contributed by atoms with Gasteiger partial charge in [-0.3, -0.25) is 4.79 Å². The lowest BCUT2D eigenvalue weighted by Gasteiger charge is -2.50. The number of imidazole rings is 2. The van der Waals surface area contributed by atoms with Crippen LogP contribution in [-0.4, -0.2) is 74.1 Å². The van der Waals surface area contributed by atoms with Gasteiger partial charge in [-0.25, -0.2) is 19.9 Å². The number of hydrogen-bond donors (Lipinski definition) is 2. The molecule has 146 valence electrons. The lowest BCUT2D eigenvalue weighted by Crippen LogP contribution is -2.59. The zero-order chi connectivity index (χ0) is 19.1. The van der Waals surface area contributed by atoms with Crippen molar-refractivity contribution in [1.82, 2.24) is 34.8 Å². The van der Waals surface area contributed by atoms with Crippen molar-refractivity contribution in [3.8, 4) is 0 Å². The van der Waals surface area contributed by atoms with E-state index in [9.17, 15) is 4.79 Å². The second-order valence-corrected chi connectivity index (χ2v) is 7.28. The third kappa shape index (κ3) is 2.48. The zero-order valence-corrected chi connectivity index (χ0v) is 15.7. The van der Waals surface area contributed by atoms with Crippen molar-refractivity contribution in [3.05, 3.63) is 30.4 Å². The van der Waals surface area contributed by atoms with Gasteiger partial charge in [0.1, 0.15) is 18.5 Å². The van der Waals surface area contributed by atoms with Crippen LogP contribution in [0.1, 0.15) is 24.2 Å². The van der Waals surface area contributed by atoms with Crippen LogP contribution in [0.3, 0.4) is 0 Å². The fourth-order valence-electron chi connectivity index (χ4n) is 4.63. The highest BCUT2D eigenvalue weighted by Crippen LogP contribution is 2.43. The van der Waals surface area contributed by atoms with Crippen molar-refractivity contribution in [1.29, 1.82) is 0 Å². The van der Waals surface area contributed by atoms with E-state index < -0.39 is 5.54 Å². The molecule has 3 aromatic rings. The summed E-state index contributed by atoms with van der Waals surface area (Å²) in [5.41, 5.74) is 3.23. The minimum Gasteiger partial charge on any atom is -0.375 e. The number of nitrogens with zero attached hydrogens (tertiary/aromatic N) is 6. The number of nitrogens with one attached hydrogen (secondary N) is 2. The van der Waals surface area contributed by atoms with E-state index in [0.717, 1.165) is 55.1 Å².